The van der Waals surface area contributed by atoms with Crippen LogP contribution in [0.1, 0.15) is 30.5 Å². The van der Waals surface area contributed by atoms with E-state index in [-0.39, 0.29) is 23.9 Å². The number of rotatable bonds is 4. The van der Waals surface area contributed by atoms with Crippen LogP contribution < -0.4 is 10.6 Å². The van der Waals surface area contributed by atoms with E-state index in [2.05, 4.69) is 19.9 Å². The Balaban J connectivity index is 1.79. The molecule has 2 N–H and O–H groups in total. The summed E-state index contributed by atoms with van der Waals surface area (Å²) in [6.45, 7) is 3.97. The molecule has 7 nitrogen and oxygen atoms in total. The van der Waals surface area contributed by atoms with Gasteiger partial charge in [-0.3, -0.25) is 4.90 Å². The first-order valence-electron chi connectivity index (χ1n) is 8.24. The molecule has 2 atom stereocenters. The highest BCUT2D eigenvalue weighted by molar-refractivity contribution is 5.33. The number of hydrogen-bond donors (Lipinski definition) is 1. The fraction of sp³-hybridized carbons (Fsp3) is 0.471. The molecule has 1 aromatic carbocycles. The summed E-state index contributed by atoms with van der Waals surface area (Å²) in [4.78, 5) is 16.9. The predicted octanol–water partition coefficient (Wildman–Crippen LogP) is 1.79. The lowest BCUT2D eigenvalue weighted by molar-refractivity contribution is -0.0443. The van der Waals surface area contributed by atoms with Crippen molar-refractivity contribution >= 4 is 11.9 Å². The van der Waals surface area contributed by atoms with Gasteiger partial charge in [-0.25, -0.2) is 4.39 Å². The summed E-state index contributed by atoms with van der Waals surface area (Å²) in [5.74, 6) is 1.10. The molecule has 1 aliphatic heterocycles. The molecule has 1 saturated heterocycles. The minimum Gasteiger partial charge on any atom is -0.371 e. The number of morpholine rings is 1. The average Bonchev–Trinajstić information content (AvgIpc) is 2.60. The van der Waals surface area contributed by atoms with Gasteiger partial charge in [0, 0.05) is 27.2 Å². The van der Waals surface area contributed by atoms with Crippen LogP contribution in [0.4, 0.5) is 16.3 Å². The number of nitrogens with zero attached hydrogens (tertiary/aromatic N) is 5. The summed E-state index contributed by atoms with van der Waals surface area (Å²) in [7, 11) is 3.72. The van der Waals surface area contributed by atoms with Gasteiger partial charge in [-0.15, -0.1) is 0 Å². The number of anilines is 2. The molecule has 2 heterocycles. The number of ether oxygens (including phenoxy) is 1. The zero-order valence-corrected chi connectivity index (χ0v) is 14.7. The predicted molar refractivity (Wildman–Crippen MR) is 93.6 cm³/mol. The molecule has 8 heteroatoms. The molecule has 0 unspecified atom stereocenters. The Kier molecular flexibility index (Phi) is 5.10. The highest BCUT2D eigenvalue weighted by atomic mass is 19.1. The van der Waals surface area contributed by atoms with E-state index in [4.69, 9.17) is 10.5 Å². The van der Waals surface area contributed by atoms with Crippen LogP contribution >= 0.6 is 0 Å². The topological polar surface area (TPSA) is 80.4 Å². The minimum absolute atomic E-state index is 0.0519. The molecular formula is C17H23FN6O. The van der Waals surface area contributed by atoms with Crippen molar-refractivity contribution in [1.29, 1.82) is 0 Å². The third-order valence-corrected chi connectivity index (χ3v) is 4.30. The largest absolute Gasteiger partial charge is 0.371 e. The van der Waals surface area contributed by atoms with Crippen LogP contribution in [0.5, 0.6) is 0 Å². The van der Waals surface area contributed by atoms with Gasteiger partial charge in [0.05, 0.1) is 18.8 Å². The van der Waals surface area contributed by atoms with E-state index in [9.17, 15) is 4.39 Å². The molecule has 0 bridgehead atoms. The Labute approximate surface area is 146 Å². The third-order valence-electron chi connectivity index (χ3n) is 4.30. The monoisotopic (exact) mass is 346 g/mol. The summed E-state index contributed by atoms with van der Waals surface area (Å²) in [6, 6.07) is 6.48. The lowest BCUT2D eigenvalue weighted by Crippen LogP contribution is -2.40. The number of aromatic nitrogens is 3. The SMILES string of the molecule is C[C@@H](c1nc(N)nc(N(C)C)n1)N1CCO[C@H](c2cccc(F)c2)C1. The minimum atomic E-state index is -0.257. The Bertz CT molecular complexity index is 741. The van der Waals surface area contributed by atoms with Crippen molar-refractivity contribution in [1.82, 2.24) is 19.9 Å². The lowest BCUT2D eigenvalue weighted by atomic mass is 10.1. The van der Waals surface area contributed by atoms with Crippen molar-refractivity contribution in [2.24, 2.45) is 0 Å². The van der Waals surface area contributed by atoms with Gasteiger partial charge in [0.2, 0.25) is 11.9 Å². The second-order valence-electron chi connectivity index (χ2n) is 6.33. The van der Waals surface area contributed by atoms with Gasteiger partial charge in [0.1, 0.15) is 5.82 Å². The van der Waals surface area contributed by atoms with Crippen molar-refractivity contribution in [2.45, 2.75) is 19.1 Å². The quantitative estimate of drug-likeness (QED) is 0.904. The first-order valence-corrected chi connectivity index (χ1v) is 8.24. The lowest BCUT2D eigenvalue weighted by Gasteiger charge is -2.36. The van der Waals surface area contributed by atoms with E-state index in [1.54, 1.807) is 11.0 Å². The van der Waals surface area contributed by atoms with E-state index in [0.717, 1.165) is 12.1 Å². The maximum atomic E-state index is 13.5. The maximum absolute atomic E-state index is 13.5. The van der Waals surface area contributed by atoms with Crippen LogP contribution in [0.2, 0.25) is 0 Å². The standard InChI is InChI=1S/C17H23FN6O/c1-11(15-20-16(19)22-17(21-15)23(2)3)24-7-8-25-14(10-24)12-5-4-6-13(18)9-12/h4-6,9,11,14H,7-8,10H2,1-3H3,(H2,19,20,21,22)/t11-,14-/m0/s1. The number of halogens is 1. The van der Waals surface area contributed by atoms with Crippen LogP contribution in [0, 0.1) is 5.82 Å². The second-order valence-corrected chi connectivity index (χ2v) is 6.33. The summed E-state index contributed by atoms with van der Waals surface area (Å²) < 4.78 is 19.3. The van der Waals surface area contributed by atoms with E-state index >= 15 is 0 Å². The molecule has 2 aromatic rings. The number of nitrogen functional groups attached to an aromatic ring is 1. The fourth-order valence-corrected chi connectivity index (χ4v) is 2.88. The van der Waals surface area contributed by atoms with Gasteiger partial charge in [0.15, 0.2) is 5.82 Å². The molecule has 134 valence electrons. The van der Waals surface area contributed by atoms with Crippen molar-refractivity contribution in [3.05, 3.63) is 41.5 Å². The Morgan fingerprint density at radius 2 is 2.12 bits per heavy atom. The Hall–Kier alpha value is -2.32. The molecule has 1 aliphatic rings. The van der Waals surface area contributed by atoms with Crippen molar-refractivity contribution in [3.8, 4) is 0 Å². The Morgan fingerprint density at radius 1 is 1.32 bits per heavy atom. The van der Waals surface area contributed by atoms with Crippen LogP contribution in [-0.4, -0.2) is 53.6 Å². The van der Waals surface area contributed by atoms with E-state index in [1.165, 1.54) is 12.1 Å². The van der Waals surface area contributed by atoms with Crippen LogP contribution in [0.15, 0.2) is 24.3 Å². The van der Waals surface area contributed by atoms with E-state index in [1.807, 2.05) is 27.1 Å². The summed E-state index contributed by atoms with van der Waals surface area (Å²) >= 11 is 0. The average molecular weight is 346 g/mol. The van der Waals surface area contributed by atoms with Gasteiger partial charge < -0.3 is 15.4 Å². The van der Waals surface area contributed by atoms with Gasteiger partial charge in [-0.2, -0.15) is 15.0 Å². The molecule has 0 amide bonds. The van der Waals surface area contributed by atoms with Crippen molar-refractivity contribution in [3.63, 3.8) is 0 Å². The molecule has 3 rings (SSSR count). The van der Waals surface area contributed by atoms with Crippen LogP contribution in [0.3, 0.4) is 0 Å². The second kappa shape index (κ2) is 7.28. The first-order chi connectivity index (χ1) is 11.9. The summed E-state index contributed by atoms with van der Waals surface area (Å²) in [5, 5.41) is 0. The van der Waals surface area contributed by atoms with Crippen molar-refractivity contribution < 1.29 is 9.13 Å². The normalized spacial score (nSPS) is 19.6. The summed E-state index contributed by atoms with van der Waals surface area (Å²) in [5.41, 5.74) is 6.66. The zero-order chi connectivity index (χ0) is 18.0. The number of benzene rings is 1. The highest BCUT2D eigenvalue weighted by Gasteiger charge is 2.28. The summed E-state index contributed by atoms with van der Waals surface area (Å²) in [6.07, 6.45) is -0.181. The smallest absolute Gasteiger partial charge is 0.229 e. The number of nitrogens with two attached hydrogens (primary N) is 1. The van der Waals surface area contributed by atoms with Gasteiger partial charge in [-0.05, 0) is 24.6 Å². The van der Waals surface area contributed by atoms with Crippen molar-refractivity contribution in [2.75, 3.05) is 44.4 Å². The third kappa shape index (κ3) is 4.02. The molecule has 0 aliphatic carbocycles. The first kappa shape index (κ1) is 17.5. The zero-order valence-electron chi connectivity index (χ0n) is 14.7. The van der Waals surface area contributed by atoms with Gasteiger partial charge >= 0.3 is 0 Å². The van der Waals surface area contributed by atoms with E-state index < -0.39 is 0 Å². The molecule has 0 spiro atoms. The van der Waals surface area contributed by atoms with E-state index in [0.29, 0.717) is 24.9 Å². The molecule has 1 aromatic heterocycles. The van der Waals surface area contributed by atoms with Gasteiger partial charge in [-0.1, -0.05) is 12.1 Å². The fourth-order valence-electron chi connectivity index (χ4n) is 2.88. The highest BCUT2D eigenvalue weighted by Crippen LogP contribution is 2.28. The molecule has 25 heavy (non-hydrogen) atoms. The van der Waals surface area contributed by atoms with Gasteiger partial charge in [0.25, 0.3) is 0 Å². The van der Waals surface area contributed by atoms with Crippen LogP contribution in [-0.2, 0) is 4.74 Å². The number of hydrogen-bond acceptors (Lipinski definition) is 7. The molecule has 1 fully saturated rings. The molecule has 0 saturated carbocycles. The maximum Gasteiger partial charge on any atom is 0.229 e. The molecule has 0 radical (unpaired) electrons. The Morgan fingerprint density at radius 3 is 2.84 bits per heavy atom. The van der Waals surface area contributed by atoms with Crippen LogP contribution in [0.25, 0.3) is 0 Å². The molecular weight excluding hydrogens is 323 g/mol.